The molecule has 0 aromatic rings. The molecule has 2 fully saturated rings. The molecular formula is C70H112N2O23. The number of ether oxygens (including phenoxy) is 11. The minimum Gasteiger partial charge on any atom is -0.465 e. The Balaban J connectivity index is 0.000000496. The molecule has 540 valence electrons. The fraction of sp³-hybridized carbons (Fsp3) is 0.757. The molecular weight excluding hydrogens is 1240 g/mol. The summed E-state index contributed by atoms with van der Waals surface area (Å²) in [5.74, 6) is -8.05. The maximum Gasteiger partial charge on any atom is 0.308 e. The monoisotopic (exact) mass is 1350 g/mol. The molecule has 24 atom stereocenters. The van der Waals surface area contributed by atoms with Crippen LogP contribution in [0.5, 0.6) is 0 Å². The van der Waals surface area contributed by atoms with E-state index in [1.807, 2.05) is 61.5 Å². The summed E-state index contributed by atoms with van der Waals surface area (Å²) in [4.78, 5) is 117. The first kappa shape index (κ1) is 83.5. The van der Waals surface area contributed by atoms with E-state index in [1.165, 1.54) is 46.8 Å². The number of cyclic esters (lactones) is 2. The van der Waals surface area contributed by atoms with Crippen molar-refractivity contribution in [2.45, 2.75) is 254 Å². The van der Waals surface area contributed by atoms with Crippen molar-refractivity contribution < 1.29 is 111 Å². The van der Waals surface area contributed by atoms with E-state index in [0.29, 0.717) is 25.7 Å². The zero-order valence-electron chi connectivity index (χ0n) is 59.9. The molecule has 25 nitrogen and oxygen atoms in total. The predicted molar refractivity (Wildman–Crippen MR) is 348 cm³/mol. The Labute approximate surface area is 562 Å². The Bertz CT molecular complexity index is 2670. The lowest BCUT2D eigenvalue weighted by Crippen LogP contribution is -2.65. The highest BCUT2D eigenvalue weighted by atomic mass is 16.7. The molecule has 2 saturated heterocycles. The van der Waals surface area contributed by atoms with E-state index in [9.17, 15) is 58.5 Å². The Hall–Kier alpha value is -5.77. The number of hydrogen-bond acceptors (Lipinski definition) is 25. The minimum atomic E-state index is -1.23. The first-order valence-electron chi connectivity index (χ1n) is 33.3. The van der Waals surface area contributed by atoms with Crippen LogP contribution in [0.3, 0.4) is 0 Å². The van der Waals surface area contributed by atoms with Crippen LogP contribution in [-0.4, -0.2) is 218 Å². The molecule has 4 aliphatic rings. The Morgan fingerprint density at radius 1 is 0.505 bits per heavy atom. The molecule has 0 saturated carbocycles. The molecule has 3 N–H and O–H groups in total. The van der Waals surface area contributed by atoms with Gasteiger partial charge < -0.3 is 67.4 Å². The zero-order chi connectivity index (χ0) is 72.0. The lowest BCUT2D eigenvalue weighted by atomic mass is 9.82. The number of hydrogen-bond donors (Lipinski definition) is 3. The first-order valence-corrected chi connectivity index (χ1v) is 33.3. The molecule has 95 heavy (non-hydrogen) atoms. The summed E-state index contributed by atoms with van der Waals surface area (Å²) in [5, 5.41) is 32.8. The second-order valence-corrected chi connectivity index (χ2v) is 26.8. The molecule has 4 rings (SSSR count). The van der Waals surface area contributed by atoms with Gasteiger partial charge >= 0.3 is 41.8 Å². The Kier molecular flexibility index (Phi) is 34.8. The highest BCUT2D eigenvalue weighted by molar-refractivity contribution is 5.92. The van der Waals surface area contributed by atoms with E-state index in [2.05, 4.69) is 0 Å². The minimum absolute atomic E-state index is 0.0292. The van der Waals surface area contributed by atoms with Crippen molar-refractivity contribution in [3.8, 4) is 0 Å². The topological polar surface area (TPSA) is 322 Å². The van der Waals surface area contributed by atoms with Crippen LogP contribution >= 0.6 is 0 Å². The smallest absolute Gasteiger partial charge is 0.308 e. The van der Waals surface area contributed by atoms with Crippen LogP contribution in [-0.2, 0) is 95.3 Å². The number of aliphatic hydroxyl groups is 3. The summed E-state index contributed by atoms with van der Waals surface area (Å²) < 4.78 is 65.2. The zero-order valence-corrected chi connectivity index (χ0v) is 59.9. The van der Waals surface area contributed by atoms with Crippen LogP contribution in [0.4, 0.5) is 0 Å². The number of nitrogens with zero attached hydrogens (tertiary/aromatic N) is 2. The van der Waals surface area contributed by atoms with Crippen molar-refractivity contribution >= 4 is 53.4 Å². The number of carbonyl (C=O) groups is 9. The van der Waals surface area contributed by atoms with Crippen molar-refractivity contribution in [3.63, 3.8) is 0 Å². The van der Waals surface area contributed by atoms with E-state index in [4.69, 9.17) is 52.1 Å². The molecule has 0 aromatic carbocycles. The third kappa shape index (κ3) is 25.9. The highest BCUT2D eigenvalue weighted by Gasteiger charge is 2.53. The van der Waals surface area contributed by atoms with Crippen molar-refractivity contribution in [1.29, 1.82) is 0 Å². The standard InChI is InChI=1S/C36H57NO12.C34H55NO11/c1-12-30-27(18-44-24(7)38)15-19(2)13-14-28(41)20(3)16-21(4)33(22(5)29(42)17-31(43)48-30)49-36-35(47-26(9)40)32(37(10)11)34(23(6)45-36)46-25(8)39;1-11-28-25(17-36)14-18(2)12-13-26(39)19(3)15-20(4)31(21(5)27(40)16-29(41)45-28)46-34-33(44-24(8)38)30(35(9)10)32(22(6)42-34)43-23(7)37/h13-15,20-23,27,29-30,32-36,42H,12,16-18H2,1-11H3;12-14,19-22,25,27-28,30-34,36,40H,11,15-17H2,1-10H3/b14-13+,19-15+;13-12+,18-14+/t20-,21+,22+,23?,27-,29-,30-,32?,33+,34?,35?,36?;19-,20+,21+,22?,25-,27-,28-,30?,31+,32?,33?,34?/m11/s1. The molecule has 0 spiro atoms. The third-order valence-electron chi connectivity index (χ3n) is 18.0. The van der Waals surface area contributed by atoms with E-state index in [-0.39, 0.29) is 49.5 Å². The van der Waals surface area contributed by atoms with Gasteiger partial charge in [0.25, 0.3) is 0 Å². The number of ketones is 2. The van der Waals surface area contributed by atoms with Gasteiger partial charge in [0.2, 0.25) is 0 Å². The summed E-state index contributed by atoms with van der Waals surface area (Å²) in [6, 6.07) is -1.28. The van der Waals surface area contributed by atoms with E-state index >= 15 is 0 Å². The molecule has 25 heteroatoms. The second-order valence-electron chi connectivity index (χ2n) is 26.8. The number of aliphatic hydroxyl groups excluding tert-OH is 3. The summed E-state index contributed by atoms with van der Waals surface area (Å²) in [5.41, 5.74) is 1.47. The fourth-order valence-corrected chi connectivity index (χ4v) is 13.0. The lowest BCUT2D eigenvalue weighted by molar-refractivity contribution is -0.307. The van der Waals surface area contributed by atoms with Gasteiger partial charge in [-0.15, -0.1) is 0 Å². The van der Waals surface area contributed by atoms with Gasteiger partial charge in [0, 0.05) is 70.1 Å². The van der Waals surface area contributed by atoms with Crippen LogP contribution in [0.1, 0.15) is 156 Å². The molecule has 4 aliphatic heterocycles. The van der Waals surface area contributed by atoms with Crippen molar-refractivity contribution in [1.82, 2.24) is 9.80 Å². The molecule has 0 aromatic heterocycles. The van der Waals surface area contributed by atoms with Crippen LogP contribution in [0.15, 0.2) is 47.6 Å². The second kappa shape index (κ2) is 39.6. The van der Waals surface area contributed by atoms with Gasteiger partial charge in [-0.05, 0) is 106 Å². The van der Waals surface area contributed by atoms with E-state index in [0.717, 1.165) is 11.1 Å². The van der Waals surface area contributed by atoms with Crippen molar-refractivity contribution in [3.05, 3.63) is 47.6 Å². The van der Waals surface area contributed by atoms with Crippen LogP contribution in [0, 0.1) is 47.3 Å². The average molecular weight is 1350 g/mol. The molecule has 10 unspecified atom stereocenters. The molecule has 0 amide bonds. The summed E-state index contributed by atoms with van der Waals surface area (Å²) in [6.07, 6.45) is -1.65. The van der Waals surface area contributed by atoms with Crippen LogP contribution in [0.25, 0.3) is 0 Å². The molecule has 0 radical (unpaired) electrons. The summed E-state index contributed by atoms with van der Waals surface area (Å²) in [7, 11) is 7.06. The van der Waals surface area contributed by atoms with Gasteiger partial charge in [-0.2, -0.15) is 0 Å². The van der Waals surface area contributed by atoms with Gasteiger partial charge in [-0.1, -0.05) is 90.8 Å². The largest absolute Gasteiger partial charge is 0.465 e. The van der Waals surface area contributed by atoms with Gasteiger partial charge in [-0.25, -0.2) is 0 Å². The normalized spacial score (nSPS) is 37.8. The molecule has 0 aliphatic carbocycles. The van der Waals surface area contributed by atoms with Crippen LogP contribution < -0.4 is 0 Å². The highest BCUT2D eigenvalue weighted by Crippen LogP contribution is 2.38. The van der Waals surface area contributed by atoms with E-state index in [1.54, 1.807) is 83.9 Å². The number of likely N-dealkylation sites (N-methyl/N-ethyl adjacent to an activating group) is 2. The Morgan fingerprint density at radius 2 is 0.842 bits per heavy atom. The maximum absolute atomic E-state index is 13.3. The van der Waals surface area contributed by atoms with E-state index < -0.39 is 175 Å². The number of rotatable bonds is 15. The molecule has 4 heterocycles. The lowest BCUT2D eigenvalue weighted by Gasteiger charge is -2.48. The predicted octanol–water partition coefficient (Wildman–Crippen LogP) is 6.52. The number of carbonyl (C=O) groups excluding carboxylic acids is 9. The summed E-state index contributed by atoms with van der Waals surface area (Å²) >= 11 is 0. The van der Waals surface area contributed by atoms with Crippen LogP contribution in [0.2, 0.25) is 0 Å². The fourth-order valence-electron chi connectivity index (χ4n) is 13.0. The maximum atomic E-state index is 13.3. The number of allylic oxidation sites excluding steroid dienone is 6. The number of esters is 7. The van der Waals surface area contributed by atoms with Gasteiger partial charge in [0.05, 0.1) is 68.2 Å². The Morgan fingerprint density at radius 3 is 1.16 bits per heavy atom. The van der Waals surface area contributed by atoms with Crippen molar-refractivity contribution in [2.75, 3.05) is 41.4 Å². The van der Waals surface area contributed by atoms with Gasteiger partial charge in [-0.3, -0.25) is 53.0 Å². The third-order valence-corrected chi connectivity index (χ3v) is 18.0. The summed E-state index contributed by atoms with van der Waals surface area (Å²) in [6.45, 7) is 27.7. The van der Waals surface area contributed by atoms with Gasteiger partial charge in [0.15, 0.2) is 36.4 Å². The van der Waals surface area contributed by atoms with Crippen molar-refractivity contribution in [2.24, 2.45) is 47.3 Å². The SMILES string of the molecule is CC[C@H]1OC(=O)C[C@@H](O)[C@H](C)[C@@H](OC2OC(C)C(OC(C)=O)C(N(C)C)C2OC(C)=O)[C@@H](C)C[C@@H](C)C(=O)/C=C/C(C)=C/[C@@H]1CO.CC[C@H]1OC(=O)C[C@@H](O)[C@H](C)[C@@H](OC2OC(C)C(OC(C)=O)C(N(C)C)C2OC(C)=O)[C@@H](C)C[C@@H](C)C(=O)/C=C/C(C)=C/[C@@H]1COC(C)=O. The molecule has 0 bridgehead atoms. The first-order chi connectivity index (χ1) is 44.3. The quantitative estimate of drug-likeness (QED) is 0.116. The average Bonchev–Trinajstić information content (AvgIpc) is 0.796. The van der Waals surface area contributed by atoms with Gasteiger partial charge in [0.1, 0.15) is 31.0 Å².